The fraction of sp³-hybridized carbons (Fsp3) is 0.235. The van der Waals surface area contributed by atoms with Gasteiger partial charge >= 0.3 is 0 Å². The average Bonchev–Trinajstić information content (AvgIpc) is 2.44. The van der Waals surface area contributed by atoms with Crippen LogP contribution in [0.2, 0.25) is 0 Å². The molecule has 0 heterocycles. The molecule has 0 saturated carbocycles. The van der Waals surface area contributed by atoms with Crippen molar-refractivity contribution in [3.63, 3.8) is 0 Å². The van der Waals surface area contributed by atoms with Gasteiger partial charge in [-0.05, 0) is 37.1 Å². The zero-order chi connectivity index (χ0) is 14.5. The lowest BCUT2D eigenvalue weighted by Crippen LogP contribution is -2.15. The summed E-state index contributed by atoms with van der Waals surface area (Å²) in [5, 5.41) is 2.80. The van der Waals surface area contributed by atoms with Crippen molar-refractivity contribution < 1.29 is 9.18 Å². The Morgan fingerprint density at radius 3 is 2.70 bits per heavy atom. The van der Waals surface area contributed by atoms with Gasteiger partial charge in [0.15, 0.2) is 0 Å². The number of nitrogens with one attached hydrogen (secondary N) is 1. The number of para-hydroxylation sites is 1. The van der Waals surface area contributed by atoms with E-state index in [9.17, 15) is 9.18 Å². The number of halogens is 1. The summed E-state index contributed by atoms with van der Waals surface area (Å²) in [7, 11) is 0. The van der Waals surface area contributed by atoms with E-state index in [4.69, 9.17) is 0 Å². The molecular formula is C17H18FNO. The monoisotopic (exact) mass is 271 g/mol. The summed E-state index contributed by atoms with van der Waals surface area (Å²) in [4.78, 5) is 12.2. The van der Waals surface area contributed by atoms with Gasteiger partial charge in [0.1, 0.15) is 5.82 Å². The van der Waals surface area contributed by atoms with Crippen LogP contribution in [0.25, 0.3) is 0 Å². The Balaban J connectivity index is 2.26. The normalized spacial score (nSPS) is 10.3. The van der Waals surface area contributed by atoms with E-state index in [-0.39, 0.29) is 5.56 Å². The Bertz CT molecular complexity index is 622. The number of aryl methyl sites for hydroxylation is 2. The van der Waals surface area contributed by atoms with Gasteiger partial charge in [0.25, 0.3) is 5.91 Å². The van der Waals surface area contributed by atoms with E-state index in [1.54, 1.807) is 12.1 Å². The third-order valence-electron chi connectivity index (χ3n) is 3.15. The van der Waals surface area contributed by atoms with Crippen molar-refractivity contribution in [3.05, 3.63) is 65.0 Å². The third kappa shape index (κ3) is 3.23. The van der Waals surface area contributed by atoms with Crippen molar-refractivity contribution >= 4 is 11.6 Å². The molecule has 0 atom stereocenters. The van der Waals surface area contributed by atoms with Crippen molar-refractivity contribution in [2.75, 3.05) is 5.32 Å². The molecule has 1 N–H and O–H groups in total. The van der Waals surface area contributed by atoms with Crippen molar-refractivity contribution in [2.45, 2.75) is 26.7 Å². The van der Waals surface area contributed by atoms with Crippen LogP contribution in [0.15, 0.2) is 42.5 Å². The van der Waals surface area contributed by atoms with Crippen LogP contribution in [0.5, 0.6) is 0 Å². The van der Waals surface area contributed by atoms with Gasteiger partial charge in [-0.1, -0.05) is 43.2 Å². The summed E-state index contributed by atoms with van der Waals surface area (Å²) in [6.45, 7) is 3.92. The SMILES string of the molecule is CCCc1ccccc1NC(=O)c1cc(C)ccc1F. The molecule has 2 nitrogen and oxygen atoms in total. The number of benzene rings is 2. The maximum absolute atomic E-state index is 13.7. The first-order chi connectivity index (χ1) is 9.61. The molecule has 0 saturated heterocycles. The number of carbonyl (C=O) groups is 1. The molecule has 0 spiro atoms. The van der Waals surface area contributed by atoms with Gasteiger partial charge in [-0.2, -0.15) is 0 Å². The lowest BCUT2D eigenvalue weighted by atomic mass is 10.1. The number of amides is 1. The zero-order valence-corrected chi connectivity index (χ0v) is 11.7. The first kappa shape index (κ1) is 14.3. The molecule has 0 aliphatic rings. The van der Waals surface area contributed by atoms with Gasteiger partial charge in [0, 0.05) is 5.69 Å². The standard InChI is InChI=1S/C17H18FNO/c1-3-6-13-7-4-5-8-16(13)19-17(20)14-11-12(2)9-10-15(14)18/h4-5,7-11H,3,6H2,1-2H3,(H,19,20). The second kappa shape index (κ2) is 6.33. The molecule has 0 fully saturated rings. The molecule has 0 bridgehead atoms. The predicted molar refractivity (Wildman–Crippen MR) is 79.5 cm³/mol. The molecule has 3 heteroatoms. The van der Waals surface area contributed by atoms with E-state index in [1.165, 1.54) is 6.07 Å². The van der Waals surface area contributed by atoms with Crippen molar-refractivity contribution in [3.8, 4) is 0 Å². The molecule has 1 amide bonds. The summed E-state index contributed by atoms with van der Waals surface area (Å²) in [5.41, 5.74) is 2.76. The molecule has 0 aromatic heterocycles. The van der Waals surface area contributed by atoms with Crippen LogP contribution >= 0.6 is 0 Å². The minimum absolute atomic E-state index is 0.0799. The third-order valence-corrected chi connectivity index (χ3v) is 3.15. The molecule has 2 aromatic rings. The Kier molecular flexibility index (Phi) is 4.51. The zero-order valence-electron chi connectivity index (χ0n) is 11.7. The first-order valence-corrected chi connectivity index (χ1v) is 6.77. The molecule has 0 radical (unpaired) electrons. The number of carbonyl (C=O) groups excluding carboxylic acids is 1. The topological polar surface area (TPSA) is 29.1 Å². The summed E-state index contributed by atoms with van der Waals surface area (Å²) in [5.74, 6) is -0.907. The van der Waals surface area contributed by atoms with Gasteiger partial charge in [-0.3, -0.25) is 4.79 Å². The Morgan fingerprint density at radius 1 is 1.20 bits per heavy atom. The molecule has 0 unspecified atom stereocenters. The van der Waals surface area contributed by atoms with Crippen LogP contribution in [-0.4, -0.2) is 5.91 Å². The Labute approximate surface area is 118 Å². The number of anilines is 1. The van der Waals surface area contributed by atoms with Crippen LogP contribution in [-0.2, 0) is 6.42 Å². The molecule has 0 aliphatic carbocycles. The van der Waals surface area contributed by atoms with Crippen LogP contribution in [0.1, 0.15) is 34.8 Å². The Morgan fingerprint density at radius 2 is 1.95 bits per heavy atom. The van der Waals surface area contributed by atoms with E-state index in [0.29, 0.717) is 0 Å². The highest BCUT2D eigenvalue weighted by molar-refractivity contribution is 6.04. The number of rotatable bonds is 4. The highest BCUT2D eigenvalue weighted by Crippen LogP contribution is 2.19. The molecule has 20 heavy (non-hydrogen) atoms. The molecule has 2 rings (SSSR count). The number of hydrogen-bond donors (Lipinski definition) is 1. The maximum atomic E-state index is 13.7. The second-order valence-corrected chi connectivity index (χ2v) is 4.84. The van der Waals surface area contributed by atoms with Gasteiger partial charge in [0.2, 0.25) is 0 Å². The van der Waals surface area contributed by atoms with Gasteiger partial charge in [-0.25, -0.2) is 4.39 Å². The minimum Gasteiger partial charge on any atom is -0.322 e. The van der Waals surface area contributed by atoms with E-state index < -0.39 is 11.7 Å². The van der Waals surface area contributed by atoms with Crippen LogP contribution in [0, 0.1) is 12.7 Å². The lowest BCUT2D eigenvalue weighted by molar-refractivity contribution is 0.102. The average molecular weight is 271 g/mol. The van der Waals surface area contributed by atoms with E-state index >= 15 is 0 Å². The fourth-order valence-electron chi connectivity index (χ4n) is 2.13. The van der Waals surface area contributed by atoms with E-state index in [0.717, 1.165) is 29.7 Å². The summed E-state index contributed by atoms with van der Waals surface area (Å²) < 4.78 is 13.7. The molecular weight excluding hydrogens is 253 g/mol. The largest absolute Gasteiger partial charge is 0.322 e. The summed E-state index contributed by atoms with van der Waals surface area (Å²) in [6, 6.07) is 12.2. The lowest BCUT2D eigenvalue weighted by Gasteiger charge is -2.11. The van der Waals surface area contributed by atoms with Crippen molar-refractivity contribution in [2.24, 2.45) is 0 Å². The predicted octanol–water partition coefficient (Wildman–Crippen LogP) is 4.34. The van der Waals surface area contributed by atoms with Gasteiger partial charge in [-0.15, -0.1) is 0 Å². The Hall–Kier alpha value is -2.16. The van der Waals surface area contributed by atoms with Crippen molar-refractivity contribution in [1.29, 1.82) is 0 Å². The van der Waals surface area contributed by atoms with Crippen LogP contribution in [0.4, 0.5) is 10.1 Å². The van der Waals surface area contributed by atoms with Gasteiger partial charge in [0.05, 0.1) is 5.56 Å². The second-order valence-electron chi connectivity index (χ2n) is 4.84. The summed E-state index contributed by atoms with van der Waals surface area (Å²) >= 11 is 0. The quantitative estimate of drug-likeness (QED) is 0.880. The smallest absolute Gasteiger partial charge is 0.258 e. The molecule has 104 valence electrons. The maximum Gasteiger partial charge on any atom is 0.258 e. The number of hydrogen-bond acceptors (Lipinski definition) is 1. The highest BCUT2D eigenvalue weighted by atomic mass is 19.1. The molecule has 0 aliphatic heterocycles. The minimum atomic E-state index is -0.499. The summed E-state index contributed by atoms with van der Waals surface area (Å²) in [6.07, 6.45) is 1.87. The first-order valence-electron chi connectivity index (χ1n) is 6.77. The van der Waals surface area contributed by atoms with Crippen molar-refractivity contribution in [1.82, 2.24) is 0 Å². The fourth-order valence-corrected chi connectivity index (χ4v) is 2.13. The van der Waals surface area contributed by atoms with E-state index in [2.05, 4.69) is 12.2 Å². The van der Waals surface area contributed by atoms with Gasteiger partial charge < -0.3 is 5.32 Å². The molecule has 2 aromatic carbocycles. The van der Waals surface area contributed by atoms with E-state index in [1.807, 2.05) is 31.2 Å². The van der Waals surface area contributed by atoms with Crippen LogP contribution < -0.4 is 5.32 Å². The highest BCUT2D eigenvalue weighted by Gasteiger charge is 2.13. The van der Waals surface area contributed by atoms with Crippen LogP contribution in [0.3, 0.4) is 0 Å².